The van der Waals surface area contributed by atoms with E-state index in [1.807, 2.05) is 6.92 Å². The van der Waals surface area contributed by atoms with Crippen LogP contribution in [0.15, 0.2) is 64.7 Å². The van der Waals surface area contributed by atoms with E-state index in [9.17, 15) is 13.2 Å². The van der Waals surface area contributed by atoms with E-state index >= 15 is 0 Å². The number of nitrogens with zero attached hydrogens (tertiary/aromatic N) is 3. The Kier molecular flexibility index (Phi) is 6.00. The fraction of sp³-hybridized carbons (Fsp3) is 0.105. The average molecular weight is 433 g/mol. The summed E-state index contributed by atoms with van der Waals surface area (Å²) in [5.41, 5.74) is 3.76. The summed E-state index contributed by atoms with van der Waals surface area (Å²) in [4.78, 5) is 12.2. The first-order chi connectivity index (χ1) is 13.8. The number of nitrogens with one attached hydrogen (secondary N) is 1. The standard InChI is InChI=1S/C19H17ClN4O4S/c1-13-7-9-15(10-8-13)29(26,27)28-17-6-4-3-5-14(17)11-21-23-19(25)18-16(20)12-22-24(18)2/h3-12H,1-2H3,(H,23,25)/b21-11-. The molecule has 0 aliphatic carbocycles. The number of carbonyl (C=O) groups excluding carboxylic acids is 1. The normalized spacial score (nSPS) is 11.6. The van der Waals surface area contributed by atoms with Gasteiger partial charge < -0.3 is 4.18 Å². The van der Waals surface area contributed by atoms with Crippen molar-refractivity contribution in [2.45, 2.75) is 11.8 Å². The van der Waals surface area contributed by atoms with Gasteiger partial charge in [0.05, 0.1) is 17.4 Å². The molecule has 0 saturated carbocycles. The van der Waals surface area contributed by atoms with Gasteiger partial charge in [0.15, 0.2) is 5.75 Å². The third kappa shape index (κ3) is 4.82. The van der Waals surface area contributed by atoms with Crippen molar-refractivity contribution >= 4 is 33.8 Å². The Hall–Kier alpha value is -3.17. The van der Waals surface area contributed by atoms with Gasteiger partial charge in [-0.1, -0.05) is 41.4 Å². The number of hydrazone groups is 1. The number of benzene rings is 2. The van der Waals surface area contributed by atoms with Gasteiger partial charge in [0.2, 0.25) is 0 Å². The predicted molar refractivity (Wildman–Crippen MR) is 109 cm³/mol. The van der Waals surface area contributed by atoms with Gasteiger partial charge in [0.1, 0.15) is 10.6 Å². The molecule has 1 aromatic heterocycles. The van der Waals surface area contributed by atoms with Crippen molar-refractivity contribution in [2.75, 3.05) is 0 Å². The van der Waals surface area contributed by atoms with E-state index in [2.05, 4.69) is 15.6 Å². The molecule has 1 amide bonds. The van der Waals surface area contributed by atoms with Gasteiger partial charge in [-0.25, -0.2) is 5.43 Å². The summed E-state index contributed by atoms with van der Waals surface area (Å²) in [5, 5.41) is 7.92. The Morgan fingerprint density at radius 1 is 1.21 bits per heavy atom. The van der Waals surface area contributed by atoms with Crippen molar-refractivity contribution in [3.8, 4) is 5.75 Å². The molecule has 0 radical (unpaired) electrons. The van der Waals surface area contributed by atoms with Crippen LogP contribution in [0.4, 0.5) is 0 Å². The molecular weight excluding hydrogens is 416 g/mol. The van der Waals surface area contributed by atoms with E-state index in [-0.39, 0.29) is 21.4 Å². The molecule has 3 rings (SSSR count). The summed E-state index contributed by atoms with van der Waals surface area (Å²) in [6, 6.07) is 12.7. The first kappa shape index (κ1) is 20.6. The molecular formula is C19H17ClN4O4S. The number of hydrogen-bond acceptors (Lipinski definition) is 6. The van der Waals surface area contributed by atoms with Crippen molar-refractivity contribution in [3.63, 3.8) is 0 Å². The highest BCUT2D eigenvalue weighted by molar-refractivity contribution is 7.87. The second-order valence-electron chi connectivity index (χ2n) is 6.05. The third-order valence-corrected chi connectivity index (χ3v) is 5.43. The van der Waals surface area contributed by atoms with Gasteiger partial charge in [-0.05, 0) is 31.2 Å². The lowest BCUT2D eigenvalue weighted by Gasteiger charge is -2.09. The number of carbonyl (C=O) groups is 1. The smallest absolute Gasteiger partial charge is 0.339 e. The Morgan fingerprint density at radius 2 is 1.90 bits per heavy atom. The summed E-state index contributed by atoms with van der Waals surface area (Å²) >= 11 is 5.92. The zero-order valence-corrected chi connectivity index (χ0v) is 17.1. The maximum absolute atomic E-state index is 12.5. The number of aryl methyl sites for hydroxylation is 2. The van der Waals surface area contributed by atoms with Crippen LogP contribution in [-0.2, 0) is 17.2 Å². The third-order valence-electron chi connectivity index (χ3n) is 3.91. The molecule has 1 heterocycles. The van der Waals surface area contributed by atoms with Crippen LogP contribution in [0.1, 0.15) is 21.6 Å². The second-order valence-corrected chi connectivity index (χ2v) is 8.01. The van der Waals surface area contributed by atoms with Gasteiger partial charge in [-0.15, -0.1) is 0 Å². The van der Waals surface area contributed by atoms with Crippen molar-refractivity contribution in [3.05, 3.63) is 76.6 Å². The van der Waals surface area contributed by atoms with Crippen LogP contribution in [0.2, 0.25) is 5.02 Å². The van der Waals surface area contributed by atoms with Gasteiger partial charge in [-0.2, -0.15) is 18.6 Å². The van der Waals surface area contributed by atoms with Crippen molar-refractivity contribution in [2.24, 2.45) is 12.1 Å². The number of hydrogen-bond donors (Lipinski definition) is 1. The van der Waals surface area contributed by atoms with Crippen LogP contribution in [0.5, 0.6) is 5.75 Å². The summed E-state index contributed by atoms with van der Waals surface area (Å²) in [6.07, 6.45) is 2.63. The van der Waals surface area contributed by atoms with Crippen molar-refractivity contribution in [1.82, 2.24) is 15.2 Å². The molecule has 1 N–H and O–H groups in total. The van der Waals surface area contributed by atoms with Gasteiger partial charge in [0, 0.05) is 12.6 Å². The van der Waals surface area contributed by atoms with E-state index in [1.54, 1.807) is 37.4 Å². The molecule has 8 nitrogen and oxygen atoms in total. The van der Waals surface area contributed by atoms with Gasteiger partial charge in [0.25, 0.3) is 5.91 Å². The lowest BCUT2D eigenvalue weighted by atomic mass is 10.2. The largest absolute Gasteiger partial charge is 0.378 e. The minimum absolute atomic E-state index is 0.0361. The van der Waals surface area contributed by atoms with Gasteiger partial charge >= 0.3 is 10.1 Å². The molecule has 2 aromatic carbocycles. The van der Waals surface area contributed by atoms with Crippen LogP contribution < -0.4 is 9.61 Å². The summed E-state index contributed by atoms with van der Waals surface area (Å²) in [6.45, 7) is 1.86. The first-order valence-corrected chi connectivity index (χ1v) is 10.2. The molecule has 0 saturated heterocycles. The molecule has 10 heteroatoms. The predicted octanol–water partition coefficient (Wildman–Crippen LogP) is 2.91. The molecule has 150 valence electrons. The van der Waals surface area contributed by atoms with E-state index < -0.39 is 16.0 Å². The molecule has 0 spiro atoms. The number of rotatable bonds is 6. The lowest BCUT2D eigenvalue weighted by Crippen LogP contribution is -2.21. The quantitative estimate of drug-likeness (QED) is 0.366. The number of aromatic nitrogens is 2. The van der Waals surface area contributed by atoms with Crippen LogP contribution in [-0.4, -0.2) is 30.3 Å². The fourth-order valence-corrected chi connectivity index (χ4v) is 3.62. The zero-order valence-electron chi connectivity index (χ0n) is 15.5. The van der Waals surface area contributed by atoms with Crippen LogP contribution in [0, 0.1) is 6.92 Å². The molecule has 0 fully saturated rings. The highest BCUT2D eigenvalue weighted by Crippen LogP contribution is 2.22. The minimum Gasteiger partial charge on any atom is -0.378 e. The Morgan fingerprint density at radius 3 is 2.55 bits per heavy atom. The summed E-state index contributed by atoms with van der Waals surface area (Å²) < 4.78 is 31.6. The molecule has 3 aromatic rings. The van der Waals surface area contributed by atoms with E-state index in [4.69, 9.17) is 15.8 Å². The fourth-order valence-electron chi connectivity index (χ4n) is 2.41. The molecule has 0 aliphatic heterocycles. The Balaban J connectivity index is 1.78. The van der Waals surface area contributed by atoms with Crippen molar-refractivity contribution in [1.29, 1.82) is 0 Å². The maximum atomic E-state index is 12.5. The average Bonchev–Trinajstić information content (AvgIpc) is 3.01. The number of para-hydroxylation sites is 1. The monoisotopic (exact) mass is 432 g/mol. The van der Waals surface area contributed by atoms with Crippen LogP contribution in [0.25, 0.3) is 0 Å². The lowest BCUT2D eigenvalue weighted by molar-refractivity contribution is 0.0946. The second kappa shape index (κ2) is 8.46. The highest BCUT2D eigenvalue weighted by atomic mass is 35.5. The van der Waals surface area contributed by atoms with Crippen LogP contribution >= 0.6 is 11.6 Å². The van der Waals surface area contributed by atoms with Gasteiger partial charge in [-0.3, -0.25) is 9.48 Å². The van der Waals surface area contributed by atoms with E-state index in [0.717, 1.165) is 5.56 Å². The molecule has 29 heavy (non-hydrogen) atoms. The molecule has 0 bridgehead atoms. The Bertz CT molecular complexity index is 1150. The maximum Gasteiger partial charge on any atom is 0.339 e. The van der Waals surface area contributed by atoms with E-state index in [0.29, 0.717) is 5.56 Å². The molecule has 0 unspecified atom stereocenters. The SMILES string of the molecule is Cc1ccc(S(=O)(=O)Oc2ccccc2/C=N\NC(=O)c2c(Cl)cnn2C)cc1. The zero-order chi connectivity index (χ0) is 21.0. The minimum atomic E-state index is -4.02. The highest BCUT2D eigenvalue weighted by Gasteiger charge is 2.18. The number of amides is 1. The van der Waals surface area contributed by atoms with Crippen LogP contribution in [0.3, 0.4) is 0 Å². The van der Waals surface area contributed by atoms with E-state index in [1.165, 1.54) is 35.3 Å². The summed E-state index contributed by atoms with van der Waals surface area (Å²) in [7, 11) is -2.45. The Labute approximate surface area is 172 Å². The molecule has 0 atom stereocenters. The number of halogens is 1. The summed E-state index contributed by atoms with van der Waals surface area (Å²) in [5.74, 6) is -0.485. The first-order valence-electron chi connectivity index (χ1n) is 8.39. The topological polar surface area (TPSA) is 103 Å². The van der Waals surface area contributed by atoms with Crippen molar-refractivity contribution < 1.29 is 17.4 Å². The molecule has 0 aliphatic rings.